The summed E-state index contributed by atoms with van der Waals surface area (Å²) < 4.78 is 37.2. The van der Waals surface area contributed by atoms with Gasteiger partial charge in [0, 0.05) is 6.04 Å². The third-order valence-corrected chi connectivity index (χ3v) is 14.2. The van der Waals surface area contributed by atoms with Crippen molar-refractivity contribution >= 4 is 10.4 Å². The summed E-state index contributed by atoms with van der Waals surface area (Å²) in [5.41, 5.74) is 0.564. The zero-order chi connectivity index (χ0) is 32.8. The highest BCUT2D eigenvalue weighted by molar-refractivity contribution is 7.80. The van der Waals surface area contributed by atoms with Gasteiger partial charge >= 0.3 is 10.4 Å². The van der Waals surface area contributed by atoms with E-state index in [1.807, 2.05) is 13.8 Å². The average molecular weight is 655 g/mol. The second-order valence-corrected chi connectivity index (χ2v) is 17.9. The minimum atomic E-state index is -4.45. The number of rotatable bonds is 18. The van der Waals surface area contributed by atoms with Crippen LogP contribution in [0.4, 0.5) is 0 Å². The fourth-order valence-corrected chi connectivity index (χ4v) is 11.8. The topological polar surface area (TPSA) is 108 Å². The first-order valence-electron chi connectivity index (χ1n) is 19.1. The zero-order valence-electron chi connectivity index (χ0n) is 29.7. The molecule has 264 valence electrons. The van der Waals surface area contributed by atoms with E-state index < -0.39 is 16.5 Å². The molecule has 0 aliphatic heterocycles. The molecule has 0 radical (unpaired) electrons. The second kappa shape index (κ2) is 16.4. The van der Waals surface area contributed by atoms with Crippen LogP contribution in [0.5, 0.6) is 0 Å². The molecule has 7 nitrogen and oxygen atoms in total. The molecule has 4 rings (SSSR count). The van der Waals surface area contributed by atoms with Gasteiger partial charge in [0.25, 0.3) is 0 Å². The lowest BCUT2D eigenvalue weighted by Crippen LogP contribution is -2.59. The zero-order valence-corrected chi connectivity index (χ0v) is 30.6. The molecule has 4 N–H and O–H groups in total. The Bertz CT molecular complexity index is 1010. The van der Waals surface area contributed by atoms with E-state index in [1.165, 1.54) is 83.5 Å². The minimum absolute atomic E-state index is 0.0183. The van der Waals surface area contributed by atoms with Gasteiger partial charge in [-0.15, -0.1) is 0 Å². The van der Waals surface area contributed by atoms with Crippen molar-refractivity contribution in [1.82, 2.24) is 10.6 Å². The van der Waals surface area contributed by atoms with Crippen molar-refractivity contribution < 1.29 is 22.3 Å². The lowest BCUT2D eigenvalue weighted by molar-refractivity contribution is -0.167. The molecule has 4 aliphatic carbocycles. The Balaban J connectivity index is 1.27. The molecule has 45 heavy (non-hydrogen) atoms. The lowest BCUT2D eigenvalue weighted by Gasteiger charge is -2.62. The number of aliphatic hydroxyl groups is 1. The Hall–Kier alpha value is -0.250. The highest BCUT2D eigenvalue weighted by Gasteiger charge is 2.62. The summed E-state index contributed by atoms with van der Waals surface area (Å²) in [6.07, 6.45) is 18.3. The first-order chi connectivity index (χ1) is 21.3. The molecule has 0 aromatic rings. The molecule has 3 unspecified atom stereocenters. The maximum Gasteiger partial charge on any atom is 0.397 e. The second-order valence-electron chi connectivity index (χ2n) is 16.8. The van der Waals surface area contributed by atoms with Gasteiger partial charge < -0.3 is 15.7 Å². The Labute approximate surface area is 277 Å². The van der Waals surface area contributed by atoms with Crippen molar-refractivity contribution in [2.75, 3.05) is 19.6 Å². The van der Waals surface area contributed by atoms with Crippen molar-refractivity contribution in [2.24, 2.45) is 52.3 Å². The predicted octanol–water partition coefficient (Wildman–Crippen LogP) is 7.78. The molecule has 0 aromatic carbocycles. The predicted molar refractivity (Wildman–Crippen MR) is 184 cm³/mol. The summed E-state index contributed by atoms with van der Waals surface area (Å²) in [5.74, 6) is 3.26. The van der Waals surface area contributed by atoms with Crippen LogP contribution in [-0.2, 0) is 14.6 Å². The number of unbranched alkanes of at least 4 members (excludes halogenated alkanes) is 4. The summed E-state index contributed by atoms with van der Waals surface area (Å²) in [6, 6.07) is 0.589. The Morgan fingerprint density at radius 1 is 0.844 bits per heavy atom. The van der Waals surface area contributed by atoms with Gasteiger partial charge in [0.2, 0.25) is 0 Å². The van der Waals surface area contributed by atoms with E-state index in [0.29, 0.717) is 53.4 Å². The molecule has 0 amide bonds. The molecule has 4 fully saturated rings. The number of nitrogens with one attached hydrogen (secondary N) is 2. The first kappa shape index (κ1) is 37.6. The van der Waals surface area contributed by atoms with Gasteiger partial charge in [-0.25, -0.2) is 4.18 Å². The smallest absolute Gasteiger partial charge is 0.393 e. The molecule has 8 heteroatoms. The van der Waals surface area contributed by atoms with Crippen LogP contribution in [0.1, 0.15) is 144 Å². The van der Waals surface area contributed by atoms with Crippen molar-refractivity contribution in [2.45, 2.75) is 163 Å². The van der Waals surface area contributed by atoms with Gasteiger partial charge in [-0.1, -0.05) is 67.2 Å². The highest BCUT2D eigenvalue weighted by Crippen LogP contribution is 2.68. The van der Waals surface area contributed by atoms with Crippen LogP contribution in [0, 0.1) is 52.3 Å². The summed E-state index contributed by atoms with van der Waals surface area (Å²) >= 11 is 0. The minimum Gasteiger partial charge on any atom is -0.393 e. The Morgan fingerprint density at radius 2 is 1.53 bits per heavy atom. The molecule has 0 heterocycles. The summed E-state index contributed by atoms with van der Waals surface area (Å²) in [7, 11) is -4.45. The van der Waals surface area contributed by atoms with Crippen LogP contribution in [-0.4, -0.2) is 56.0 Å². The molecular formula is C37H70N2O5S. The number of aliphatic hydroxyl groups excluding tert-OH is 1. The van der Waals surface area contributed by atoms with E-state index >= 15 is 0 Å². The highest BCUT2D eigenvalue weighted by atomic mass is 32.3. The Kier molecular flexibility index (Phi) is 13.7. The number of fused-ring (bicyclic) bond motifs is 5. The standard InChI is InChI=1S/C37H70N2O5S/c1-7-8-9-10-11-21-38-22-12-23-39-29-17-19-36(5)28(24-29)25-33(40)35-31-15-14-30(37(31,6)20-18-32(35)36)27(4)13-16-34(26(2)3)44-45(41,42)43/h26-35,38-40H,7-25H2,1-6H3,(H,41,42,43)/t27-,28+,29+,30-,31?,32?,33+,34-,35?,36+,37-/m1/s1. The maximum absolute atomic E-state index is 11.8. The van der Waals surface area contributed by atoms with Crippen molar-refractivity contribution in [1.29, 1.82) is 0 Å². The van der Waals surface area contributed by atoms with Gasteiger partial charge in [-0.3, -0.25) is 4.55 Å². The largest absolute Gasteiger partial charge is 0.397 e. The van der Waals surface area contributed by atoms with Crippen LogP contribution < -0.4 is 10.6 Å². The van der Waals surface area contributed by atoms with Gasteiger partial charge in [0.15, 0.2) is 0 Å². The molecule has 0 aromatic heterocycles. The molecule has 0 spiro atoms. The number of hydrogen-bond acceptors (Lipinski definition) is 6. The molecule has 4 saturated carbocycles. The first-order valence-corrected chi connectivity index (χ1v) is 20.4. The lowest BCUT2D eigenvalue weighted by atomic mass is 9.43. The monoisotopic (exact) mass is 655 g/mol. The fraction of sp³-hybridized carbons (Fsp3) is 1.00. The van der Waals surface area contributed by atoms with E-state index in [1.54, 1.807) is 0 Å². The SMILES string of the molecule is CCCCCCCNCCCN[C@H]1CC[C@]2(C)C3CC[C@@]4(C)C(CC[C@@H]4[C@H](C)CC[C@@H](OS(=O)(=O)O)C(C)C)C3[C@@H](O)C[C@@H]2C1. The van der Waals surface area contributed by atoms with E-state index in [4.69, 9.17) is 4.18 Å². The van der Waals surface area contributed by atoms with Gasteiger partial charge in [-0.2, -0.15) is 8.42 Å². The van der Waals surface area contributed by atoms with Gasteiger partial charge in [-0.05, 0) is 149 Å². The maximum atomic E-state index is 11.8. The summed E-state index contributed by atoms with van der Waals surface area (Å²) in [5, 5.41) is 19.3. The van der Waals surface area contributed by atoms with Gasteiger partial charge in [0.05, 0.1) is 12.2 Å². The van der Waals surface area contributed by atoms with E-state index in [2.05, 4.69) is 38.3 Å². The molecular weight excluding hydrogens is 584 g/mol. The average Bonchev–Trinajstić information content (AvgIpc) is 3.33. The van der Waals surface area contributed by atoms with Gasteiger partial charge in [0.1, 0.15) is 0 Å². The van der Waals surface area contributed by atoms with Crippen LogP contribution in [0.15, 0.2) is 0 Å². The van der Waals surface area contributed by atoms with E-state index in [0.717, 1.165) is 32.5 Å². The van der Waals surface area contributed by atoms with E-state index in [-0.39, 0.29) is 17.4 Å². The van der Waals surface area contributed by atoms with Crippen molar-refractivity contribution in [3.8, 4) is 0 Å². The summed E-state index contributed by atoms with van der Waals surface area (Å²) in [4.78, 5) is 0. The van der Waals surface area contributed by atoms with Crippen LogP contribution >= 0.6 is 0 Å². The van der Waals surface area contributed by atoms with Crippen molar-refractivity contribution in [3.63, 3.8) is 0 Å². The molecule has 0 saturated heterocycles. The normalized spacial score (nSPS) is 38.0. The van der Waals surface area contributed by atoms with Crippen LogP contribution in [0.2, 0.25) is 0 Å². The van der Waals surface area contributed by atoms with Crippen molar-refractivity contribution in [3.05, 3.63) is 0 Å². The molecule has 0 bridgehead atoms. The third kappa shape index (κ3) is 9.26. The van der Waals surface area contributed by atoms with E-state index in [9.17, 15) is 18.1 Å². The quantitative estimate of drug-likeness (QED) is 0.0883. The summed E-state index contributed by atoms with van der Waals surface area (Å²) in [6.45, 7) is 17.0. The Morgan fingerprint density at radius 3 is 2.24 bits per heavy atom. The van der Waals surface area contributed by atoms with Crippen LogP contribution in [0.25, 0.3) is 0 Å². The third-order valence-electron chi connectivity index (χ3n) is 13.8. The fourth-order valence-electron chi connectivity index (χ4n) is 11.2. The molecule has 4 aliphatic rings. The number of hydrogen-bond donors (Lipinski definition) is 4. The van der Waals surface area contributed by atoms with Crippen LogP contribution in [0.3, 0.4) is 0 Å². The molecule has 11 atom stereocenters.